The highest BCUT2D eigenvalue weighted by atomic mass is 16.5. The average Bonchev–Trinajstić information content (AvgIpc) is 2.72. The van der Waals surface area contributed by atoms with Crippen LogP contribution in [0.25, 0.3) is 10.9 Å². The van der Waals surface area contributed by atoms with E-state index >= 15 is 0 Å². The van der Waals surface area contributed by atoms with Crippen molar-refractivity contribution in [2.24, 2.45) is 0 Å². The van der Waals surface area contributed by atoms with Crippen molar-refractivity contribution in [1.82, 2.24) is 19.9 Å². The van der Waals surface area contributed by atoms with Crippen molar-refractivity contribution in [1.29, 1.82) is 0 Å². The van der Waals surface area contributed by atoms with Gasteiger partial charge in [0, 0.05) is 31.9 Å². The standard InChI is InChI=1S/C23H29N5O2/c1-14(2)18-10-16(30-5)11-19-21(18)22(29)26-23(25-19)28-9-7-17-15(12-28)6-8-24-20(17)13-27(3)4/h6,8,10-11,14H,7,9,12-13H2,1-5H3,(H,25,26,29). The third-order valence-corrected chi connectivity index (χ3v) is 5.66. The highest BCUT2D eigenvalue weighted by Crippen LogP contribution is 2.29. The molecule has 0 fully saturated rings. The Balaban J connectivity index is 1.74. The van der Waals surface area contributed by atoms with Crippen molar-refractivity contribution in [2.75, 3.05) is 32.6 Å². The predicted octanol–water partition coefficient (Wildman–Crippen LogP) is 3.07. The van der Waals surface area contributed by atoms with Gasteiger partial charge in [0.15, 0.2) is 0 Å². The molecule has 1 aromatic carbocycles. The van der Waals surface area contributed by atoms with Crippen molar-refractivity contribution in [3.05, 3.63) is 57.1 Å². The van der Waals surface area contributed by atoms with Crippen molar-refractivity contribution in [2.45, 2.75) is 39.3 Å². The Hall–Kier alpha value is -2.93. The van der Waals surface area contributed by atoms with Gasteiger partial charge in [-0.3, -0.25) is 14.8 Å². The number of aromatic nitrogens is 3. The molecule has 1 aliphatic heterocycles. The maximum atomic E-state index is 13.0. The monoisotopic (exact) mass is 407 g/mol. The molecule has 1 aliphatic rings. The van der Waals surface area contributed by atoms with Crippen molar-refractivity contribution in [3.63, 3.8) is 0 Å². The number of ether oxygens (including phenoxy) is 1. The number of H-pyrrole nitrogens is 1. The van der Waals surface area contributed by atoms with Gasteiger partial charge in [-0.05, 0) is 55.3 Å². The van der Waals surface area contributed by atoms with Crippen LogP contribution in [0.1, 0.15) is 42.1 Å². The number of nitrogens with one attached hydrogen (secondary N) is 1. The summed E-state index contributed by atoms with van der Waals surface area (Å²) in [4.78, 5) is 29.7. The number of pyridine rings is 1. The number of aromatic amines is 1. The van der Waals surface area contributed by atoms with E-state index in [1.807, 2.05) is 18.3 Å². The molecule has 1 N–H and O–H groups in total. The molecule has 0 saturated heterocycles. The minimum Gasteiger partial charge on any atom is -0.497 e. The summed E-state index contributed by atoms with van der Waals surface area (Å²) in [5.41, 5.74) is 5.20. The molecule has 0 bridgehead atoms. The lowest BCUT2D eigenvalue weighted by molar-refractivity contribution is 0.394. The topological polar surface area (TPSA) is 74.4 Å². The summed E-state index contributed by atoms with van der Waals surface area (Å²) in [6.45, 7) is 6.46. The van der Waals surface area contributed by atoms with Gasteiger partial charge in [-0.1, -0.05) is 13.8 Å². The number of anilines is 1. The van der Waals surface area contributed by atoms with Crippen LogP contribution >= 0.6 is 0 Å². The minimum atomic E-state index is -0.102. The molecule has 4 rings (SSSR count). The fourth-order valence-electron chi connectivity index (χ4n) is 4.17. The van der Waals surface area contributed by atoms with E-state index < -0.39 is 0 Å². The second kappa shape index (κ2) is 8.07. The number of hydrogen-bond donors (Lipinski definition) is 1. The van der Waals surface area contributed by atoms with Gasteiger partial charge in [-0.15, -0.1) is 0 Å². The number of methoxy groups -OCH3 is 1. The Morgan fingerprint density at radius 1 is 1.30 bits per heavy atom. The summed E-state index contributed by atoms with van der Waals surface area (Å²) < 4.78 is 5.45. The van der Waals surface area contributed by atoms with Gasteiger partial charge >= 0.3 is 0 Å². The fraction of sp³-hybridized carbons (Fsp3) is 0.435. The Kier molecular flexibility index (Phi) is 5.47. The normalized spacial score (nSPS) is 13.9. The van der Waals surface area contributed by atoms with E-state index in [1.165, 1.54) is 11.1 Å². The molecule has 3 heterocycles. The molecule has 0 atom stereocenters. The molecular weight excluding hydrogens is 378 g/mol. The molecule has 158 valence electrons. The molecule has 7 heteroatoms. The lowest BCUT2D eigenvalue weighted by atomic mass is 9.98. The Morgan fingerprint density at radius 3 is 2.80 bits per heavy atom. The molecule has 0 unspecified atom stereocenters. The number of fused-ring (bicyclic) bond motifs is 2. The zero-order valence-corrected chi connectivity index (χ0v) is 18.3. The zero-order chi connectivity index (χ0) is 21.4. The van der Waals surface area contributed by atoms with Crippen LogP contribution < -0.4 is 15.2 Å². The van der Waals surface area contributed by atoms with E-state index in [2.05, 4.69) is 53.8 Å². The minimum absolute atomic E-state index is 0.102. The van der Waals surface area contributed by atoms with E-state index in [-0.39, 0.29) is 11.5 Å². The first-order chi connectivity index (χ1) is 14.4. The van der Waals surface area contributed by atoms with Crippen LogP contribution in [0.2, 0.25) is 0 Å². The number of hydrogen-bond acceptors (Lipinski definition) is 6. The molecule has 7 nitrogen and oxygen atoms in total. The number of rotatable bonds is 5. The average molecular weight is 408 g/mol. The summed E-state index contributed by atoms with van der Waals surface area (Å²) in [6.07, 6.45) is 2.75. The SMILES string of the molecule is COc1cc(C(C)C)c2c(=O)[nH]c(N3CCc4c(ccnc4CN(C)C)C3)nc2c1. The first-order valence-corrected chi connectivity index (χ1v) is 10.3. The second-order valence-corrected chi connectivity index (χ2v) is 8.46. The predicted molar refractivity (Wildman–Crippen MR) is 119 cm³/mol. The summed E-state index contributed by atoms with van der Waals surface area (Å²) in [7, 11) is 5.75. The van der Waals surface area contributed by atoms with Gasteiger partial charge in [-0.25, -0.2) is 4.98 Å². The molecule has 0 saturated carbocycles. The third-order valence-electron chi connectivity index (χ3n) is 5.66. The van der Waals surface area contributed by atoms with E-state index in [9.17, 15) is 4.79 Å². The molecule has 3 aromatic rings. The Bertz CT molecular complexity index is 1140. The van der Waals surface area contributed by atoms with Crippen LogP contribution in [-0.2, 0) is 19.5 Å². The maximum absolute atomic E-state index is 13.0. The van der Waals surface area contributed by atoms with Gasteiger partial charge in [-0.2, -0.15) is 0 Å². The quantitative estimate of drug-likeness (QED) is 0.701. The summed E-state index contributed by atoms with van der Waals surface area (Å²) in [5, 5.41) is 0.643. The molecule has 30 heavy (non-hydrogen) atoms. The summed E-state index contributed by atoms with van der Waals surface area (Å²) in [6, 6.07) is 5.84. The van der Waals surface area contributed by atoms with Crippen molar-refractivity contribution >= 4 is 16.9 Å². The van der Waals surface area contributed by atoms with Crippen LogP contribution in [0.3, 0.4) is 0 Å². The fourth-order valence-corrected chi connectivity index (χ4v) is 4.17. The molecule has 0 spiro atoms. The molecule has 2 aromatic heterocycles. The largest absolute Gasteiger partial charge is 0.497 e. The first kappa shape index (κ1) is 20.3. The van der Waals surface area contributed by atoms with E-state index in [0.29, 0.717) is 23.4 Å². The van der Waals surface area contributed by atoms with Gasteiger partial charge in [0.2, 0.25) is 5.95 Å². The van der Waals surface area contributed by atoms with Crippen molar-refractivity contribution in [3.8, 4) is 5.75 Å². The lowest BCUT2D eigenvalue weighted by Crippen LogP contribution is -2.34. The highest BCUT2D eigenvalue weighted by molar-refractivity contribution is 5.84. The van der Waals surface area contributed by atoms with Crippen LogP contribution in [-0.4, -0.2) is 47.6 Å². The molecular formula is C23H29N5O2. The molecule has 0 amide bonds. The van der Waals surface area contributed by atoms with Gasteiger partial charge in [0.05, 0.1) is 23.7 Å². The lowest BCUT2D eigenvalue weighted by Gasteiger charge is -2.30. The van der Waals surface area contributed by atoms with Gasteiger partial charge < -0.3 is 14.5 Å². The van der Waals surface area contributed by atoms with Crippen molar-refractivity contribution < 1.29 is 4.74 Å². The second-order valence-electron chi connectivity index (χ2n) is 8.46. The van der Waals surface area contributed by atoms with Gasteiger partial charge in [0.25, 0.3) is 5.56 Å². The Morgan fingerprint density at radius 2 is 2.10 bits per heavy atom. The van der Waals surface area contributed by atoms with Gasteiger partial charge in [0.1, 0.15) is 5.75 Å². The van der Waals surface area contributed by atoms with Crippen LogP contribution in [0, 0.1) is 0 Å². The zero-order valence-electron chi connectivity index (χ0n) is 18.3. The number of benzene rings is 1. The van der Waals surface area contributed by atoms with E-state index in [4.69, 9.17) is 9.72 Å². The van der Waals surface area contributed by atoms with Crippen LogP contribution in [0.4, 0.5) is 5.95 Å². The molecule has 0 aliphatic carbocycles. The first-order valence-electron chi connectivity index (χ1n) is 10.3. The number of nitrogens with zero attached hydrogens (tertiary/aromatic N) is 4. The summed E-state index contributed by atoms with van der Waals surface area (Å²) >= 11 is 0. The van der Waals surface area contributed by atoms with E-state index in [0.717, 1.165) is 36.5 Å². The Labute approximate surface area is 176 Å². The maximum Gasteiger partial charge on any atom is 0.260 e. The summed E-state index contributed by atoms with van der Waals surface area (Å²) in [5.74, 6) is 1.52. The van der Waals surface area contributed by atoms with Crippen LogP contribution in [0.5, 0.6) is 5.75 Å². The molecule has 0 radical (unpaired) electrons. The third kappa shape index (κ3) is 3.77. The highest BCUT2D eigenvalue weighted by Gasteiger charge is 2.22. The van der Waals surface area contributed by atoms with E-state index in [1.54, 1.807) is 7.11 Å². The smallest absolute Gasteiger partial charge is 0.260 e. The van der Waals surface area contributed by atoms with Crippen LogP contribution in [0.15, 0.2) is 29.2 Å².